The first-order valence-corrected chi connectivity index (χ1v) is 7.21. The van der Waals surface area contributed by atoms with Gasteiger partial charge in [0.1, 0.15) is 0 Å². The topological polar surface area (TPSA) is 47.1 Å². The van der Waals surface area contributed by atoms with Crippen LogP contribution in [0.3, 0.4) is 0 Å². The summed E-state index contributed by atoms with van der Waals surface area (Å²) in [6.07, 6.45) is 3.06. The van der Waals surface area contributed by atoms with Crippen molar-refractivity contribution >= 4 is 0 Å². The average Bonchev–Trinajstić information content (AvgIpc) is 3.08. The second kappa shape index (κ2) is 5.38. The molecule has 1 unspecified atom stereocenters. The Bertz CT molecular complexity index is 563. The van der Waals surface area contributed by atoms with Gasteiger partial charge in [-0.05, 0) is 43.1 Å². The Kier molecular flexibility index (Phi) is 3.59. The number of nitrogens with zero attached hydrogens (tertiary/aromatic N) is 3. The van der Waals surface area contributed by atoms with Crippen LogP contribution >= 0.6 is 0 Å². The van der Waals surface area contributed by atoms with Gasteiger partial charge in [-0.25, -0.2) is 4.68 Å². The van der Waals surface area contributed by atoms with Gasteiger partial charge < -0.3 is 5.73 Å². The average molecular weight is 270 g/mol. The molecule has 2 aromatic rings. The van der Waals surface area contributed by atoms with Crippen molar-refractivity contribution in [3.05, 3.63) is 48.3 Å². The van der Waals surface area contributed by atoms with Crippen LogP contribution in [0.4, 0.5) is 0 Å². The molecule has 1 aromatic carbocycles. The van der Waals surface area contributed by atoms with Gasteiger partial charge in [-0.1, -0.05) is 25.1 Å². The molecular formula is C16H22N4. The second-order valence-electron chi connectivity index (χ2n) is 6.05. The van der Waals surface area contributed by atoms with Crippen LogP contribution in [0.15, 0.2) is 42.6 Å². The fraction of sp³-hybridized carbons (Fsp3) is 0.438. The molecule has 1 fully saturated rings. The Balaban J connectivity index is 1.75. The van der Waals surface area contributed by atoms with Gasteiger partial charge in [-0.3, -0.25) is 4.90 Å². The maximum atomic E-state index is 5.88. The van der Waals surface area contributed by atoms with Gasteiger partial charge in [0.2, 0.25) is 0 Å². The number of hydrogen-bond donors (Lipinski definition) is 1. The van der Waals surface area contributed by atoms with Gasteiger partial charge in [0.25, 0.3) is 0 Å². The Morgan fingerprint density at radius 3 is 2.75 bits per heavy atom. The van der Waals surface area contributed by atoms with Gasteiger partial charge in [-0.15, -0.1) is 0 Å². The number of para-hydroxylation sites is 1. The monoisotopic (exact) mass is 270 g/mol. The van der Waals surface area contributed by atoms with Crippen LogP contribution < -0.4 is 5.73 Å². The summed E-state index contributed by atoms with van der Waals surface area (Å²) in [7, 11) is 0. The van der Waals surface area contributed by atoms with E-state index >= 15 is 0 Å². The van der Waals surface area contributed by atoms with Crippen molar-refractivity contribution in [1.29, 1.82) is 0 Å². The smallest absolute Gasteiger partial charge is 0.0649 e. The minimum atomic E-state index is 0.275. The van der Waals surface area contributed by atoms with Crippen LogP contribution in [-0.4, -0.2) is 34.3 Å². The molecule has 1 saturated heterocycles. The highest BCUT2D eigenvalue weighted by molar-refractivity contribution is 5.32. The van der Waals surface area contributed by atoms with Crippen molar-refractivity contribution in [1.82, 2.24) is 14.7 Å². The molecule has 1 atom stereocenters. The molecular weight excluding hydrogens is 248 g/mol. The molecule has 0 radical (unpaired) electrons. The third-order valence-corrected chi connectivity index (χ3v) is 4.24. The van der Waals surface area contributed by atoms with Crippen LogP contribution in [0.2, 0.25) is 0 Å². The summed E-state index contributed by atoms with van der Waals surface area (Å²) in [5.74, 6) is 0. The first kappa shape index (κ1) is 13.3. The Labute approximate surface area is 120 Å². The van der Waals surface area contributed by atoms with E-state index in [4.69, 9.17) is 5.73 Å². The molecule has 1 aliphatic rings. The summed E-state index contributed by atoms with van der Waals surface area (Å²) >= 11 is 0. The largest absolute Gasteiger partial charge is 0.330 e. The van der Waals surface area contributed by atoms with Crippen LogP contribution in [0.1, 0.15) is 19.0 Å². The van der Waals surface area contributed by atoms with E-state index < -0.39 is 0 Å². The first-order valence-electron chi connectivity index (χ1n) is 7.21. The van der Waals surface area contributed by atoms with Crippen molar-refractivity contribution in [3.63, 3.8) is 0 Å². The zero-order valence-electron chi connectivity index (χ0n) is 12.0. The lowest BCUT2D eigenvalue weighted by atomic mass is 9.90. The molecule has 0 amide bonds. The number of benzene rings is 1. The molecule has 2 N–H and O–H groups in total. The Hall–Kier alpha value is -1.65. The zero-order chi connectivity index (χ0) is 14.0. The minimum Gasteiger partial charge on any atom is -0.330 e. The molecule has 20 heavy (non-hydrogen) atoms. The van der Waals surface area contributed by atoms with Crippen molar-refractivity contribution in [3.8, 4) is 5.69 Å². The van der Waals surface area contributed by atoms with Crippen LogP contribution in [0, 0.1) is 5.41 Å². The van der Waals surface area contributed by atoms with Gasteiger partial charge in [0, 0.05) is 19.3 Å². The maximum Gasteiger partial charge on any atom is 0.0649 e. The van der Waals surface area contributed by atoms with Crippen LogP contribution in [0.25, 0.3) is 5.69 Å². The predicted octanol–water partition coefficient (Wildman–Crippen LogP) is 2.04. The number of likely N-dealkylation sites (tertiary alicyclic amines) is 1. The van der Waals surface area contributed by atoms with E-state index in [1.165, 1.54) is 12.1 Å². The minimum absolute atomic E-state index is 0.275. The third-order valence-electron chi connectivity index (χ3n) is 4.24. The summed E-state index contributed by atoms with van der Waals surface area (Å²) in [6.45, 7) is 6.17. The molecule has 0 aliphatic carbocycles. The molecule has 1 aromatic heterocycles. The standard InChI is InChI=1S/C16H22N4/c1-16(12-17)8-10-19(13-16)11-15-7-9-18-20(15)14-5-3-2-4-6-14/h2-7,9H,8,10-13,17H2,1H3. The van der Waals surface area contributed by atoms with Gasteiger partial charge in [0.05, 0.1) is 11.4 Å². The molecule has 1 aliphatic heterocycles. The molecule has 4 nitrogen and oxygen atoms in total. The molecule has 106 valence electrons. The number of rotatable bonds is 4. The highest BCUT2D eigenvalue weighted by atomic mass is 15.3. The first-order chi connectivity index (χ1) is 9.70. The number of nitrogens with two attached hydrogens (primary N) is 1. The Morgan fingerprint density at radius 2 is 2.05 bits per heavy atom. The van der Waals surface area contributed by atoms with Gasteiger partial charge in [0.15, 0.2) is 0 Å². The van der Waals surface area contributed by atoms with Crippen LogP contribution in [-0.2, 0) is 6.54 Å². The molecule has 2 heterocycles. The fourth-order valence-electron chi connectivity index (χ4n) is 2.91. The molecule has 0 saturated carbocycles. The summed E-state index contributed by atoms with van der Waals surface area (Å²) in [5, 5.41) is 4.45. The Morgan fingerprint density at radius 1 is 1.25 bits per heavy atom. The summed E-state index contributed by atoms with van der Waals surface area (Å²) < 4.78 is 2.03. The lowest BCUT2D eigenvalue weighted by Gasteiger charge is -2.22. The van der Waals surface area contributed by atoms with Crippen molar-refractivity contribution in [2.24, 2.45) is 11.1 Å². The van der Waals surface area contributed by atoms with Crippen molar-refractivity contribution in [2.75, 3.05) is 19.6 Å². The summed E-state index contributed by atoms with van der Waals surface area (Å²) in [6, 6.07) is 12.4. The molecule has 0 spiro atoms. The lowest BCUT2D eigenvalue weighted by molar-refractivity contribution is 0.270. The SMILES string of the molecule is CC1(CN)CCN(Cc2ccnn2-c2ccccc2)C1. The maximum absolute atomic E-state index is 5.88. The molecule has 0 bridgehead atoms. The van der Waals surface area contributed by atoms with E-state index in [0.717, 1.165) is 31.9 Å². The van der Waals surface area contributed by atoms with Crippen LogP contribution in [0.5, 0.6) is 0 Å². The summed E-state index contributed by atoms with van der Waals surface area (Å²) in [5.41, 5.74) is 8.51. The zero-order valence-corrected chi connectivity index (χ0v) is 12.0. The normalized spacial score (nSPS) is 23.3. The van der Waals surface area contributed by atoms with E-state index in [9.17, 15) is 0 Å². The van der Waals surface area contributed by atoms with Crippen molar-refractivity contribution in [2.45, 2.75) is 19.9 Å². The highest BCUT2D eigenvalue weighted by Gasteiger charge is 2.32. The van der Waals surface area contributed by atoms with E-state index in [1.807, 2.05) is 29.1 Å². The van der Waals surface area contributed by atoms with E-state index in [0.29, 0.717) is 0 Å². The van der Waals surface area contributed by atoms with Gasteiger partial charge in [-0.2, -0.15) is 5.10 Å². The quantitative estimate of drug-likeness (QED) is 0.925. The van der Waals surface area contributed by atoms with E-state index in [2.05, 4.69) is 35.1 Å². The number of aromatic nitrogens is 2. The predicted molar refractivity (Wildman–Crippen MR) is 80.6 cm³/mol. The number of hydrogen-bond acceptors (Lipinski definition) is 3. The van der Waals surface area contributed by atoms with E-state index in [-0.39, 0.29) is 5.41 Å². The molecule has 4 heteroatoms. The highest BCUT2D eigenvalue weighted by Crippen LogP contribution is 2.29. The van der Waals surface area contributed by atoms with Crippen molar-refractivity contribution < 1.29 is 0 Å². The molecule has 3 rings (SSSR count). The van der Waals surface area contributed by atoms with Gasteiger partial charge >= 0.3 is 0 Å². The second-order valence-corrected chi connectivity index (χ2v) is 6.05. The fourth-order valence-corrected chi connectivity index (χ4v) is 2.91. The summed E-state index contributed by atoms with van der Waals surface area (Å²) in [4.78, 5) is 2.48. The lowest BCUT2D eigenvalue weighted by Crippen LogP contribution is -2.31. The van der Waals surface area contributed by atoms with E-state index in [1.54, 1.807) is 0 Å². The third kappa shape index (κ3) is 2.62.